The van der Waals surface area contributed by atoms with Crippen LogP contribution in [-0.4, -0.2) is 45.0 Å². The van der Waals surface area contributed by atoms with Crippen LogP contribution in [0.4, 0.5) is 11.5 Å². The van der Waals surface area contributed by atoms with E-state index in [1.54, 1.807) is 18.2 Å². The fraction of sp³-hybridized carbons (Fsp3) is 0.444. The van der Waals surface area contributed by atoms with Gasteiger partial charge < -0.3 is 4.90 Å². The van der Waals surface area contributed by atoms with E-state index in [9.17, 15) is 10.1 Å². The zero-order chi connectivity index (χ0) is 17.6. The Morgan fingerprint density at radius 1 is 1.20 bits per heavy atom. The Bertz CT molecular complexity index is 793. The highest BCUT2D eigenvalue weighted by Gasteiger charge is 2.44. The monoisotopic (exact) mass is 339 g/mol. The molecule has 3 fully saturated rings. The maximum absolute atomic E-state index is 10.9. The fourth-order valence-corrected chi connectivity index (χ4v) is 3.97. The number of aryl methyl sites for hydroxylation is 2. The van der Waals surface area contributed by atoms with Crippen LogP contribution in [0.5, 0.6) is 0 Å². The Morgan fingerprint density at radius 2 is 1.96 bits per heavy atom. The van der Waals surface area contributed by atoms with Crippen molar-refractivity contribution in [1.82, 2.24) is 14.9 Å². The van der Waals surface area contributed by atoms with Crippen LogP contribution in [0.3, 0.4) is 0 Å². The third-order valence-electron chi connectivity index (χ3n) is 5.11. The molecule has 0 amide bonds. The summed E-state index contributed by atoms with van der Waals surface area (Å²) in [6, 6.07) is 9.97. The molecule has 7 heteroatoms. The van der Waals surface area contributed by atoms with Crippen molar-refractivity contribution in [2.24, 2.45) is 0 Å². The molecule has 25 heavy (non-hydrogen) atoms. The van der Waals surface area contributed by atoms with Gasteiger partial charge in [-0.15, -0.1) is 0 Å². The van der Waals surface area contributed by atoms with E-state index >= 15 is 0 Å². The highest BCUT2D eigenvalue weighted by atomic mass is 16.6. The molecule has 2 aromatic rings. The summed E-state index contributed by atoms with van der Waals surface area (Å²) < 4.78 is 0. The second kappa shape index (κ2) is 6.07. The van der Waals surface area contributed by atoms with Gasteiger partial charge in [0.05, 0.1) is 4.92 Å². The maximum atomic E-state index is 10.9. The van der Waals surface area contributed by atoms with Gasteiger partial charge >= 0.3 is 0 Å². The van der Waals surface area contributed by atoms with Crippen molar-refractivity contribution in [3.63, 3.8) is 0 Å². The predicted octanol–water partition coefficient (Wildman–Crippen LogP) is 2.46. The highest BCUT2D eigenvalue weighted by molar-refractivity contribution is 5.42. The molecule has 0 spiro atoms. The lowest BCUT2D eigenvalue weighted by molar-refractivity contribution is -0.384. The van der Waals surface area contributed by atoms with E-state index in [-0.39, 0.29) is 10.6 Å². The summed E-state index contributed by atoms with van der Waals surface area (Å²) in [5.74, 6) is 1.82. The van der Waals surface area contributed by atoms with Gasteiger partial charge in [-0.3, -0.25) is 15.0 Å². The minimum absolute atomic E-state index is 0.164. The van der Waals surface area contributed by atoms with Gasteiger partial charge in [-0.05, 0) is 25.8 Å². The number of aromatic nitrogens is 2. The standard InChI is InChI=1S/C18H21N5O2/c1-12-6-18(20-13(2)19-12)21-10-16-8-17(11-21)22(16)9-14-4-3-5-15(7-14)23(24)25/h3-7,16-17H,8-11H2,1-2H3. The molecule has 1 aromatic heterocycles. The van der Waals surface area contributed by atoms with E-state index in [1.807, 2.05) is 26.0 Å². The summed E-state index contributed by atoms with van der Waals surface area (Å²) in [6.07, 6.45) is 1.19. The number of benzene rings is 1. The summed E-state index contributed by atoms with van der Waals surface area (Å²) >= 11 is 0. The molecule has 5 rings (SSSR count). The van der Waals surface area contributed by atoms with E-state index in [4.69, 9.17) is 0 Å². The number of fused-ring (bicyclic) bond motifs is 2. The van der Waals surface area contributed by atoms with Crippen molar-refractivity contribution in [3.8, 4) is 0 Å². The number of hydrogen-bond donors (Lipinski definition) is 0. The summed E-state index contributed by atoms with van der Waals surface area (Å²) in [6.45, 7) is 6.59. The number of piperidine rings is 1. The molecule has 0 aliphatic carbocycles. The van der Waals surface area contributed by atoms with Gasteiger partial charge in [-0.25, -0.2) is 9.97 Å². The number of nitro benzene ring substituents is 1. The highest BCUT2D eigenvalue weighted by Crippen LogP contribution is 2.35. The lowest BCUT2D eigenvalue weighted by atomic mass is 9.86. The lowest BCUT2D eigenvalue weighted by Crippen LogP contribution is -2.68. The summed E-state index contributed by atoms with van der Waals surface area (Å²) in [5.41, 5.74) is 2.16. The zero-order valence-electron chi connectivity index (χ0n) is 14.4. The van der Waals surface area contributed by atoms with E-state index < -0.39 is 0 Å². The van der Waals surface area contributed by atoms with Crippen LogP contribution < -0.4 is 4.90 Å². The van der Waals surface area contributed by atoms with E-state index in [2.05, 4.69) is 19.8 Å². The summed E-state index contributed by atoms with van der Waals surface area (Å²) in [5, 5.41) is 10.9. The number of hydrogen-bond acceptors (Lipinski definition) is 6. The minimum atomic E-state index is -0.331. The molecule has 1 aromatic carbocycles. The molecule has 3 saturated heterocycles. The Morgan fingerprint density at radius 3 is 2.64 bits per heavy atom. The average Bonchev–Trinajstić information content (AvgIpc) is 2.59. The first-order chi connectivity index (χ1) is 12.0. The lowest BCUT2D eigenvalue weighted by Gasteiger charge is -2.56. The smallest absolute Gasteiger partial charge is 0.269 e. The molecular formula is C18H21N5O2. The van der Waals surface area contributed by atoms with E-state index in [0.717, 1.165) is 42.5 Å². The number of anilines is 1. The summed E-state index contributed by atoms with van der Waals surface area (Å²) in [4.78, 5) is 24.3. The van der Waals surface area contributed by atoms with Crippen molar-refractivity contribution in [3.05, 3.63) is 57.5 Å². The van der Waals surface area contributed by atoms with Crippen LogP contribution in [0.1, 0.15) is 23.5 Å². The number of nitrogens with zero attached hydrogens (tertiary/aromatic N) is 5. The third-order valence-corrected chi connectivity index (χ3v) is 5.11. The molecule has 130 valence electrons. The van der Waals surface area contributed by atoms with Crippen molar-refractivity contribution < 1.29 is 4.92 Å². The molecule has 4 heterocycles. The Balaban J connectivity index is 1.45. The van der Waals surface area contributed by atoms with Gasteiger partial charge in [0.2, 0.25) is 0 Å². The van der Waals surface area contributed by atoms with Crippen molar-refractivity contribution in [1.29, 1.82) is 0 Å². The molecule has 3 aliphatic heterocycles. The minimum Gasteiger partial charge on any atom is -0.353 e. The van der Waals surface area contributed by atoms with E-state index in [0.29, 0.717) is 12.1 Å². The first-order valence-electron chi connectivity index (χ1n) is 8.56. The van der Waals surface area contributed by atoms with Gasteiger partial charge in [0, 0.05) is 55.6 Å². The van der Waals surface area contributed by atoms with Crippen molar-refractivity contribution in [2.45, 2.75) is 38.9 Å². The van der Waals surface area contributed by atoms with Gasteiger partial charge in [-0.2, -0.15) is 0 Å². The second-order valence-electron chi connectivity index (χ2n) is 6.96. The first kappa shape index (κ1) is 16.0. The Labute approximate surface area is 146 Å². The Kier molecular flexibility index (Phi) is 3.88. The molecule has 7 nitrogen and oxygen atoms in total. The molecule has 0 N–H and O–H groups in total. The van der Waals surface area contributed by atoms with Gasteiger partial charge in [-0.1, -0.05) is 12.1 Å². The quantitative estimate of drug-likeness (QED) is 0.629. The fourth-order valence-electron chi connectivity index (χ4n) is 3.97. The molecule has 0 radical (unpaired) electrons. The molecular weight excluding hydrogens is 318 g/mol. The van der Waals surface area contributed by atoms with E-state index in [1.165, 1.54) is 6.42 Å². The predicted molar refractivity (Wildman–Crippen MR) is 94.6 cm³/mol. The number of rotatable bonds is 4. The number of nitro groups is 1. The second-order valence-corrected chi connectivity index (χ2v) is 6.96. The number of piperazine rings is 1. The van der Waals surface area contributed by atoms with Crippen LogP contribution in [0.25, 0.3) is 0 Å². The molecule has 0 saturated carbocycles. The molecule has 3 aliphatic rings. The van der Waals surface area contributed by atoms with Crippen molar-refractivity contribution >= 4 is 11.5 Å². The van der Waals surface area contributed by atoms with Crippen molar-refractivity contribution in [2.75, 3.05) is 18.0 Å². The first-order valence-corrected chi connectivity index (χ1v) is 8.56. The molecule has 2 atom stereocenters. The normalized spacial score (nSPS) is 22.6. The third kappa shape index (κ3) is 3.07. The topological polar surface area (TPSA) is 75.4 Å². The van der Waals surface area contributed by atoms with Crippen LogP contribution in [-0.2, 0) is 6.54 Å². The summed E-state index contributed by atoms with van der Waals surface area (Å²) in [7, 11) is 0. The average molecular weight is 339 g/mol. The van der Waals surface area contributed by atoms with Crippen LogP contribution in [0.15, 0.2) is 30.3 Å². The van der Waals surface area contributed by atoms with Crippen LogP contribution >= 0.6 is 0 Å². The number of non-ortho nitro benzene ring substituents is 1. The molecule has 2 bridgehead atoms. The SMILES string of the molecule is Cc1cc(N2CC3CC(C2)N3Cc2cccc([N+](=O)[O-])c2)nc(C)n1. The largest absolute Gasteiger partial charge is 0.353 e. The maximum Gasteiger partial charge on any atom is 0.269 e. The Hall–Kier alpha value is -2.54. The van der Waals surface area contributed by atoms with Crippen LogP contribution in [0, 0.1) is 24.0 Å². The van der Waals surface area contributed by atoms with Gasteiger partial charge in [0.25, 0.3) is 5.69 Å². The van der Waals surface area contributed by atoms with Gasteiger partial charge in [0.15, 0.2) is 0 Å². The molecule has 2 unspecified atom stereocenters. The van der Waals surface area contributed by atoms with Gasteiger partial charge in [0.1, 0.15) is 11.6 Å². The zero-order valence-corrected chi connectivity index (χ0v) is 14.4. The van der Waals surface area contributed by atoms with Crippen LogP contribution in [0.2, 0.25) is 0 Å².